The maximum atomic E-state index is 12.1. The molecule has 0 saturated carbocycles. The summed E-state index contributed by atoms with van der Waals surface area (Å²) in [6, 6.07) is 23.9. The second-order valence-electron chi connectivity index (χ2n) is 10.8. The second-order valence-corrected chi connectivity index (χ2v) is 11.8. The van der Waals surface area contributed by atoms with Crippen LogP contribution < -0.4 is 5.32 Å². The van der Waals surface area contributed by atoms with E-state index in [1.165, 1.54) is 6.33 Å². The summed E-state index contributed by atoms with van der Waals surface area (Å²) in [5.74, 6) is -0.373. The Balaban J connectivity index is 1.32. The number of carboxylic acids is 1. The number of aromatic nitrogens is 3. The molecule has 5 rings (SSSR count). The van der Waals surface area contributed by atoms with Crippen LogP contribution in [0.25, 0.3) is 11.1 Å². The van der Waals surface area contributed by atoms with Gasteiger partial charge in [-0.25, -0.2) is 4.98 Å². The van der Waals surface area contributed by atoms with Crippen LogP contribution in [0.3, 0.4) is 0 Å². The lowest BCUT2D eigenvalue weighted by molar-refractivity contribution is -0.268. The summed E-state index contributed by atoms with van der Waals surface area (Å²) in [5.41, 5.74) is 5.66. The number of aliphatic carboxylic acids is 1. The van der Waals surface area contributed by atoms with Crippen molar-refractivity contribution in [1.29, 1.82) is 0 Å². The van der Waals surface area contributed by atoms with Gasteiger partial charge >= 0.3 is 5.97 Å². The number of hydrogen-bond acceptors (Lipinski definition) is 8. The number of aromatic amines is 1. The minimum Gasteiger partial charge on any atom is -0.481 e. The van der Waals surface area contributed by atoms with Crippen molar-refractivity contribution in [3.63, 3.8) is 0 Å². The van der Waals surface area contributed by atoms with Crippen molar-refractivity contribution in [3.8, 4) is 11.1 Å². The molecule has 230 valence electrons. The third-order valence-corrected chi connectivity index (χ3v) is 8.57. The smallest absolute Gasteiger partial charge is 0.303 e. The average Bonchev–Trinajstić information content (AvgIpc) is 3.57. The fraction of sp³-hybridized carbons (Fsp3) is 0.333. The zero-order chi connectivity index (χ0) is 30.9. The highest BCUT2D eigenvalue weighted by Gasteiger charge is 2.38. The van der Waals surface area contributed by atoms with Crippen LogP contribution in [-0.4, -0.2) is 49.1 Å². The van der Waals surface area contributed by atoms with Gasteiger partial charge in [-0.15, -0.1) is 0 Å². The lowest BCUT2D eigenvalue weighted by Crippen LogP contribution is -2.38. The molecule has 1 fully saturated rings. The van der Waals surface area contributed by atoms with Gasteiger partial charge in [-0.1, -0.05) is 79.3 Å². The molecule has 4 atom stereocenters. The fourth-order valence-corrected chi connectivity index (χ4v) is 6.09. The third kappa shape index (κ3) is 8.32. The molecule has 1 aliphatic rings. The Morgan fingerprint density at radius 1 is 0.955 bits per heavy atom. The van der Waals surface area contributed by atoms with Crippen molar-refractivity contribution in [3.05, 3.63) is 101 Å². The van der Waals surface area contributed by atoms with Crippen molar-refractivity contribution in [2.75, 3.05) is 5.75 Å². The minimum atomic E-state index is -0.903. The number of benzene rings is 3. The van der Waals surface area contributed by atoms with E-state index < -0.39 is 12.3 Å². The zero-order valence-electron chi connectivity index (χ0n) is 24.4. The van der Waals surface area contributed by atoms with Crippen molar-refractivity contribution in [1.82, 2.24) is 20.5 Å². The van der Waals surface area contributed by atoms with E-state index in [1.807, 2.05) is 66.7 Å². The van der Waals surface area contributed by atoms with Gasteiger partial charge in [-0.05, 0) is 46.4 Å². The average molecular weight is 617 g/mol. The van der Waals surface area contributed by atoms with Gasteiger partial charge in [0.1, 0.15) is 6.33 Å². The lowest BCUT2D eigenvalue weighted by atomic mass is 9.91. The van der Waals surface area contributed by atoms with E-state index in [1.54, 1.807) is 11.8 Å². The minimum absolute atomic E-state index is 0.0172. The maximum Gasteiger partial charge on any atom is 0.303 e. The summed E-state index contributed by atoms with van der Waals surface area (Å²) in [6.07, 6.45) is 0.977. The molecule has 1 aliphatic heterocycles. The molecule has 1 amide bonds. The second kappa shape index (κ2) is 15.1. The number of nitrogens with zero attached hydrogens (tertiary/aromatic N) is 2. The van der Waals surface area contributed by atoms with Crippen LogP contribution in [0.15, 0.2) is 84.3 Å². The number of ether oxygens (including phenoxy) is 2. The highest BCUT2D eigenvalue weighted by molar-refractivity contribution is 7.99. The maximum absolute atomic E-state index is 12.1. The van der Waals surface area contributed by atoms with Crippen molar-refractivity contribution in [2.24, 2.45) is 5.92 Å². The van der Waals surface area contributed by atoms with Gasteiger partial charge in [0.2, 0.25) is 5.91 Å². The molecular weight excluding hydrogens is 580 g/mol. The number of carboxylic acid groups (broad SMARTS) is 1. The molecule has 4 aromatic rings. The van der Waals surface area contributed by atoms with Crippen molar-refractivity contribution >= 4 is 23.6 Å². The summed E-state index contributed by atoms with van der Waals surface area (Å²) in [5, 5.41) is 28.7. The third-order valence-electron chi connectivity index (χ3n) is 7.60. The van der Waals surface area contributed by atoms with E-state index in [0.717, 1.165) is 38.5 Å². The van der Waals surface area contributed by atoms with E-state index in [9.17, 15) is 14.7 Å². The van der Waals surface area contributed by atoms with Gasteiger partial charge in [-0.3, -0.25) is 14.7 Å². The molecule has 0 spiro atoms. The van der Waals surface area contributed by atoms with Crippen LogP contribution in [0, 0.1) is 5.92 Å². The number of thioether (sulfide) groups is 1. The number of hydrogen-bond donors (Lipinski definition) is 4. The van der Waals surface area contributed by atoms with Crippen LogP contribution in [0.4, 0.5) is 0 Å². The van der Waals surface area contributed by atoms with Crippen molar-refractivity contribution in [2.45, 2.75) is 63.0 Å². The van der Waals surface area contributed by atoms with Crippen LogP contribution in [0.5, 0.6) is 0 Å². The number of carbonyl (C=O) groups excluding carboxylic acids is 1. The molecule has 44 heavy (non-hydrogen) atoms. The number of aliphatic hydroxyl groups excluding tert-OH is 1. The quantitative estimate of drug-likeness (QED) is 0.145. The van der Waals surface area contributed by atoms with E-state index in [0.29, 0.717) is 18.7 Å². The number of aliphatic hydroxyl groups is 1. The van der Waals surface area contributed by atoms with Crippen LogP contribution in [-0.2, 0) is 32.2 Å². The molecule has 4 N–H and O–H groups in total. The Bertz CT molecular complexity index is 1530. The summed E-state index contributed by atoms with van der Waals surface area (Å²) < 4.78 is 13.2. The monoisotopic (exact) mass is 616 g/mol. The fourth-order valence-electron chi connectivity index (χ4n) is 5.15. The van der Waals surface area contributed by atoms with Gasteiger partial charge < -0.3 is 25.0 Å². The summed E-state index contributed by atoms with van der Waals surface area (Å²) in [6.45, 7) is 2.46. The molecule has 11 heteroatoms. The number of rotatable bonds is 13. The lowest BCUT2D eigenvalue weighted by Gasteiger charge is -2.41. The number of nitrogens with one attached hydrogen (secondary N) is 2. The molecule has 0 radical (unpaired) electrons. The molecule has 3 aromatic carbocycles. The first-order valence-corrected chi connectivity index (χ1v) is 15.5. The zero-order valence-corrected chi connectivity index (χ0v) is 25.2. The Morgan fingerprint density at radius 2 is 1.73 bits per heavy atom. The van der Waals surface area contributed by atoms with Gasteiger partial charge in [-0.2, -0.15) is 5.10 Å². The van der Waals surface area contributed by atoms with Gasteiger partial charge in [0.25, 0.3) is 0 Å². The van der Waals surface area contributed by atoms with E-state index in [2.05, 4.69) is 33.5 Å². The van der Waals surface area contributed by atoms with Crippen LogP contribution in [0.2, 0.25) is 0 Å². The van der Waals surface area contributed by atoms with E-state index in [4.69, 9.17) is 14.6 Å². The predicted molar refractivity (Wildman–Crippen MR) is 165 cm³/mol. The molecule has 2 heterocycles. The van der Waals surface area contributed by atoms with Crippen LogP contribution >= 0.6 is 11.8 Å². The molecule has 0 bridgehead atoms. The molecule has 10 nitrogen and oxygen atoms in total. The number of amides is 1. The molecule has 0 unspecified atom stereocenters. The molecular formula is C33H36N4O6S. The molecule has 1 saturated heterocycles. The van der Waals surface area contributed by atoms with Crippen LogP contribution in [0.1, 0.15) is 60.8 Å². The first-order chi connectivity index (χ1) is 21.4. The summed E-state index contributed by atoms with van der Waals surface area (Å²) in [7, 11) is 0. The normalized spacial score (nSPS) is 19.9. The Morgan fingerprint density at radius 3 is 2.45 bits per heavy atom. The molecule has 1 aromatic heterocycles. The Labute approximate surface area is 260 Å². The first-order valence-electron chi connectivity index (χ1n) is 14.6. The summed E-state index contributed by atoms with van der Waals surface area (Å²) in [4.78, 5) is 27.1. The topological polar surface area (TPSA) is 147 Å². The predicted octanol–water partition coefficient (Wildman–Crippen LogP) is 5.42. The first kappa shape index (κ1) is 31.4. The Hall–Kier alpha value is -4.03. The van der Waals surface area contributed by atoms with E-state index >= 15 is 0 Å². The van der Waals surface area contributed by atoms with Gasteiger partial charge in [0.15, 0.2) is 11.4 Å². The highest BCUT2D eigenvalue weighted by Crippen LogP contribution is 2.43. The number of H-pyrrole nitrogens is 1. The Kier molecular flexibility index (Phi) is 10.8. The SMILES string of the molecule is C[C@H]1[C@@H](CSc2ncn[nH]2)O[C@@H](c2cccc(-c3cccc(CNC(=O)CCCC(=O)O)c3)c2)O[C@H]1c1ccc(CO)cc1. The molecule has 0 aliphatic carbocycles. The van der Waals surface area contributed by atoms with Gasteiger partial charge in [0, 0.05) is 36.6 Å². The summed E-state index contributed by atoms with van der Waals surface area (Å²) >= 11 is 1.55. The standard InChI is InChI=1S/C33H36N4O6S/c1-21-28(19-44-33-35-20-36-37-33)42-32(43-31(21)24-13-11-22(18-38)12-14-24)27-8-3-7-26(16-27)25-6-2-5-23(15-25)17-34-29(39)9-4-10-30(40)41/h2-3,5-8,11-16,20-21,28,31-32,38H,4,9-10,17-19H2,1H3,(H,34,39)(H,40,41)(H,35,36,37)/t21-,28+,31+,32+/m0/s1. The highest BCUT2D eigenvalue weighted by atomic mass is 32.2. The number of carbonyl (C=O) groups is 2. The van der Waals surface area contributed by atoms with Gasteiger partial charge in [0.05, 0.1) is 18.8 Å². The largest absolute Gasteiger partial charge is 0.481 e. The van der Waals surface area contributed by atoms with E-state index in [-0.39, 0.29) is 43.5 Å². The van der Waals surface area contributed by atoms with Crippen molar-refractivity contribution < 1.29 is 29.3 Å².